The largest absolute Gasteiger partial charge is 0.469 e. The summed E-state index contributed by atoms with van der Waals surface area (Å²) in [7, 11) is 0. The zero-order chi connectivity index (χ0) is 13.7. The lowest BCUT2D eigenvalue weighted by Crippen LogP contribution is -2.06. The Balaban J connectivity index is 1.80. The van der Waals surface area contributed by atoms with Crippen molar-refractivity contribution in [2.45, 2.75) is 19.4 Å². The molecule has 2 aromatic rings. The van der Waals surface area contributed by atoms with Gasteiger partial charge in [0.05, 0.1) is 12.7 Å². The highest BCUT2D eigenvalue weighted by Gasteiger charge is 2.08. The highest BCUT2D eigenvalue weighted by Crippen LogP contribution is 2.19. The quantitative estimate of drug-likeness (QED) is 0.783. The number of carbonyl (C=O) groups excluding carboxylic acids is 1. The van der Waals surface area contributed by atoms with Crippen LogP contribution in [0.3, 0.4) is 0 Å². The molecule has 100 valence electrons. The Bertz CT molecular complexity index is 552. The molecule has 0 amide bonds. The van der Waals surface area contributed by atoms with Crippen molar-refractivity contribution in [3.05, 3.63) is 58.2 Å². The highest BCUT2D eigenvalue weighted by atomic mass is 79.9. The number of hydrogen-bond acceptors (Lipinski definition) is 3. The van der Waals surface area contributed by atoms with Crippen LogP contribution in [0.5, 0.6) is 0 Å². The molecule has 3 nitrogen and oxygen atoms in total. The van der Waals surface area contributed by atoms with E-state index in [2.05, 4.69) is 15.9 Å². The second kappa shape index (κ2) is 6.52. The fraction of sp³-hybridized carbons (Fsp3) is 0.214. The van der Waals surface area contributed by atoms with Gasteiger partial charge in [0.15, 0.2) is 0 Å². The second-order valence-electron chi connectivity index (χ2n) is 3.98. The number of furan rings is 1. The molecule has 2 rings (SSSR count). The number of rotatable bonds is 5. The molecular weight excluding hydrogens is 315 g/mol. The van der Waals surface area contributed by atoms with Gasteiger partial charge in [-0.1, -0.05) is 22.0 Å². The zero-order valence-corrected chi connectivity index (χ0v) is 11.7. The average Bonchev–Trinajstić information content (AvgIpc) is 2.88. The summed E-state index contributed by atoms with van der Waals surface area (Å²) < 4.78 is 23.7. The van der Waals surface area contributed by atoms with Crippen LogP contribution in [-0.2, 0) is 22.6 Å². The van der Waals surface area contributed by atoms with E-state index in [4.69, 9.17) is 9.15 Å². The van der Waals surface area contributed by atoms with E-state index >= 15 is 0 Å². The average molecular weight is 327 g/mol. The number of ether oxygens (including phenoxy) is 1. The number of aryl methyl sites for hydroxylation is 1. The minimum atomic E-state index is -0.334. The molecule has 0 radical (unpaired) electrons. The molecule has 0 saturated carbocycles. The third kappa shape index (κ3) is 4.21. The Kier molecular flexibility index (Phi) is 4.74. The summed E-state index contributed by atoms with van der Waals surface area (Å²) in [6, 6.07) is 7.84. The molecule has 5 heteroatoms. The van der Waals surface area contributed by atoms with Gasteiger partial charge >= 0.3 is 5.97 Å². The van der Waals surface area contributed by atoms with Crippen molar-refractivity contribution >= 4 is 21.9 Å². The SMILES string of the molecule is O=C(CCc1ccco1)OCc1ccc(F)cc1Br. The minimum absolute atomic E-state index is 0.123. The van der Waals surface area contributed by atoms with Gasteiger partial charge in [0, 0.05) is 16.5 Å². The Labute approximate surface area is 118 Å². The van der Waals surface area contributed by atoms with Crippen LogP contribution in [0.15, 0.2) is 45.5 Å². The Morgan fingerprint density at radius 1 is 1.37 bits per heavy atom. The first-order chi connectivity index (χ1) is 9.15. The fourth-order valence-electron chi connectivity index (χ4n) is 1.55. The second-order valence-corrected chi connectivity index (χ2v) is 4.83. The summed E-state index contributed by atoms with van der Waals surface area (Å²) in [6.07, 6.45) is 2.33. The van der Waals surface area contributed by atoms with Crippen LogP contribution in [0.4, 0.5) is 4.39 Å². The van der Waals surface area contributed by atoms with Crippen molar-refractivity contribution in [3.8, 4) is 0 Å². The molecule has 0 N–H and O–H groups in total. The van der Waals surface area contributed by atoms with E-state index in [9.17, 15) is 9.18 Å². The van der Waals surface area contributed by atoms with Crippen molar-refractivity contribution in [3.63, 3.8) is 0 Å². The van der Waals surface area contributed by atoms with Gasteiger partial charge in [0.25, 0.3) is 0 Å². The lowest BCUT2D eigenvalue weighted by molar-refractivity contribution is -0.145. The van der Waals surface area contributed by atoms with Gasteiger partial charge in [0.1, 0.15) is 18.2 Å². The molecular formula is C14H12BrFO3. The van der Waals surface area contributed by atoms with Gasteiger partial charge in [-0.25, -0.2) is 4.39 Å². The molecule has 0 aliphatic carbocycles. The molecule has 0 bridgehead atoms. The fourth-order valence-corrected chi connectivity index (χ4v) is 2.01. The van der Waals surface area contributed by atoms with Crippen LogP contribution in [0.25, 0.3) is 0 Å². The maximum Gasteiger partial charge on any atom is 0.306 e. The van der Waals surface area contributed by atoms with Crippen molar-refractivity contribution in [1.82, 2.24) is 0 Å². The van der Waals surface area contributed by atoms with E-state index in [-0.39, 0.29) is 24.8 Å². The van der Waals surface area contributed by atoms with Crippen LogP contribution >= 0.6 is 15.9 Å². The first kappa shape index (κ1) is 13.8. The summed E-state index contributed by atoms with van der Waals surface area (Å²) in [5.41, 5.74) is 0.729. The number of halogens is 2. The number of benzene rings is 1. The van der Waals surface area contributed by atoms with Crippen molar-refractivity contribution in [2.75, 3.05) is 0 Å². The summed E-state index contributed by atoms with van der Waals surface area (Å²) in [5, 5.41) is 0. The van der Waals surface area contributed by atoms with Crippen LogP contribution in [0.1, 0.15) is 17.7 Å². The van der Waals surface area contributed by atoms with Gasteiger partial charge in [-0.3, -0.25) is 4.79 Å². The summed E-state index contributed by atoms with van der Waals surface area (Å²) >= 11 is 3.22. The molecule has 1 aromatic heterocycles. The summed E-state index contributed by atoms with van der Waals surface area (Å²) in [5.74, 6) is 0.104. The van der Waals surface area contributed by atoms with Gasteiger partial charge in [0.2, 0.25) is 0 Å². The van der Waals surface area contributed by atoms with Crippen LogP contribution in [-0.4, -0.2) is 5.97 Å². The standard InChI is InChI=1S/C14H12BrFO3/c15-13-8-11(16)4-3-10(13)9-19-14(17)6-5-12-2-1-7-18-12/h1-4,7-8H,5-6,9H2. The minimum Gasteiger partial charge on any atom is -0.469 e. The number of hydrogen-bond donors (Lipinski definition) is 0. The first-order valence-electron chi connectivity index (χ1n) is 5.77. The lowest BCUT2D eigenvalue weighted by Gasteiger charge is -2.06. The summed E-state index contributed by atoms with van der Waals surface area (Å²) in [4.78, 5) is 11.5. The van der Waals surface area contributed by atoms with Crippen molar-refractivity contribution < 1.29 is 18.3 Å². The third-order valence-electron chi connectivity index (χ3n) is 2.56. The predicted octanol–water partition coefficient (Wildman–Crippen LogP) is 3.86. The molecule has 0 unspecified atom stereocenters. The smallest absolute Gasteiger partial charge is 0.306 e. The Morgan fingerprint density at radius 2 is 2.21 bits per heavy atom. The molecule has 0 aliphatic rings. The molecule has 1 heterocycles. The molecule has 0 spiro atoms. The molecule has 0 aliphatic heterocycles. The van der Waals surface area contributed by atoms with E-state index in [0.29, 0.717) is 10.9 Å². The lowest BCUT2D eigenvalue weighted by atomic mass is 10.2. The van der Waals surface area contributed by atoms with Crippen molar-refractivity contribution in [1.29, 1.82) is 0 Å². The number of carbonyl (C=O) groups is 1. The van der Waals surface area contributed by atoms with E-state index in [1.165, 1.54) is 12.1 Å². The molecule has 0 saturated heterocycles. The van der Waals surface area contributed by atoms with E-state index < -0.39 is 0 Å². The molecule has 0 atom stereocenters. The van der Waals surface area contributed by atoms with Gasteiger partial charge in [-0.2, -0.15) is 0 Å². The first-order valence-corrected chi connectivity index (χ1v) is 6.56. The molecule has 0 fully saturated rings. The zero-order valence-electron chi connectivity index (χ0n) is 10.1. The normalized spacial score (nSPS) is 10.4. The summed E-state index contributed by atoms with van der Waals surface area (Å²) in [6.45, 7) is 0.123. The molecule has 1 aromatic carbocycles. The van der Waals surface area contributed by atoms with Crippen LogP contribution < -0.4 is 0 Å². The highest BCUT2D eigenvalue weighted by molar-refractivity contribution is 9.10. The van der Waals surface area contributed by atoms with Gasteiger partial charge in [-0.05, 0) is 24.3 Å². The molecule has 19 heavy (non-hydrogen) atoms. The number of esters is 1. The topological polar surface area (TPSA) is 39.4 Å². The van der Waals surface area contributed by atoms with E-state index in [1.54, 1.807) is 18.4 Å². The maximum atomic E-state index is 12.9. The predicted molar refractivity (Wildman–Crippen MR) is 70.9 cm³/mol. The van der Waals surface area contributed by atoms with E-state index in [0.717, 1.165) is 11.3 Å². The third-order valence-corrected chi connectivity index (χ3v) is 3.30. The van der Waals surface area contributed by atoms with Gasteiger partial charge in [-0.15, -0.1) is 0 Å². The Morgan fingerprint density at radius 3 is 2.89 bits per heavy atom. The maximum absolute atomic E-state index is 12.9. The monoisotopic (exact) mass is 326 g/mol. The van der Waals surface area contributed by atoms with Crippen molar-refractivity contribution in [2.24, 2.45) is 0 Å². The van der Waals surface area contributed by atoms with Crippen LogP contribution in [0, 0.1) is 5.82 Å². The van der Waals surface area contributed by atoms with Gasteiger partial charge < -0.3 is 9.15 Å². The Hall–Kier alpha value is -1.62. The van der Waals surface area contributed by atoms with Crippen LogP contribution in [0.2, 0.25) is 0 Å². The van der Waals surface area contributed by atoms with E-state index in [1.807, 2.05) is 6.07 Å².